The van der Waals surface area contributed by atoms with E-state index in [1.54, 1.807) is 0 Å². The summed E-state index contributed by atoms with van der Waals surface area (Å²) in [6.07, 6.45) is 0. The molecule has 0 aliphatic carbocycles. The minimum absolute atomic E-state index is 0.269. The Balaban J connectivity index is 4.49. The minimum Gasteiger partial charge on any atom is -0.344 e. The fraction of sp³-hybridized carbons (Fsp3) is 1.00. The van der Waals surface area contributed by atoms with Crippen molar-refractivity contribution in [3.8, 4) is 0 Å². The van der Waals surface area contributed by atoms with Gasteiger partial charge in [0.2, 0.25) is 0 Å². The number of hydrogen-bond donors (Lipinski definition) is 0. The summed E-state index contributed by atoms with van der Waals surface area (Å²) in [4.78, 5) is 0. The van der Waals surface area contributed by atoms with E-state index in [4.69, 9.17) is 0 Å². The van der Waals surface area contributed by atoms with E-state index in [0.29, 0.717) is 6.54 Å². The van der Waals surface area contributed by atoms with Gasteiger partial charge in [-0.15, -0.1) is 7.77 Å². The topological polar surface area (TPSA) is 15.6 Å². The molecule has 0 fully saturated rings. The Kier molecular flexibility index (Phi) is 5.80. The van der Waals surface area contributed by atoms with Gasteiger partial charge in [0.05, 0.1) is 6.54 Å². The van der Waals surface area contributed by atoms with Gasteiger partial charge < -0.3 is 4.23 Å². The Morgan fingerprint density at radius 1 is 1.00 bits per heavy atom. The lowest BCUT2D eigenvalue weighted by Gasteiger charge is -2.43. The summed E-state index contributed by atoms with van der Waals surface area (Å²) in [5.41, 5.74) is 0. The molecule has 0 heterocycles. The van der Waals surface area contributed by atoms with Crippen molar-refractivity contribution in [2.45, 2.75) is 39.3 Å². The lowest BCUT2D eigenvalue weighted by Crippen LogP contribution is -2.59. The summed E-state index contributed by atoms with van der Waals surface area (Å²) in [5, 5.41) is 0. The lowest BCUT2D eigenvalue weighted by atomic mass is 10.7. The van der Waals surface area contributed by atoms with E-state index in [2.05, 4.69) is 47.9 Å². The first-order chi connectivity index (χ1) is 6.55. The summed E-state index contributed by atoms with van der Waals surface area (Å²) in [6.45, 7) is 14.5. The van der Waals surface area contributed by atoms with Crippen molar-refractivity contribution < 1.29 is 7.77 Å². The van der Waals surface area contributed by atoms with Crippen molar-refractivity contribution in [3.63, 3.8) is 0 Å². The third-order valence-corrected chi connectivity index (χ3v) is 10.2. The van der Waals surface area contributed by atoms with Crippen molar-refractivity contribution in [1.82, 2.24) is 4.23 Å². The molecule has 0 saturated carbocycles. The van der Waals surface area contributed by atoms with Crippen LogP contribution in [-0.2, 0) is 11.5 Å². The smallest absolute Gasteiger partial charge is 0.261 e. The molecule has 7 heteroatoms. The van der Waals surface area contributed by atoms with Gasteiger partial charge in [-0.1, -0.05) is 39.3 Å². The highest BCUT2D eigenvalue weighted by Crippen LogP contribution is 2.19. The van der Waals surface area contributed by atoms with Gasteiger partial charge in [-0.3, -0.25) is 0 Å². The highest BCUT2D eigenvalue weighted by atomic mass is 32.2. The average molecular weight is 273 g/mol. The standard InChI is InChI=1S/C8H22F2N2SSi2/c1-14(2,3)12(15(4,5)6)8-7-11-13(9)10/h7-8H2,1-6H3. The van der Waals surface area contributed by atoms with Gasteiger partial charge in [-0.25, -0.2) is 4.36 Å². The third-order valence-electron chi connectivity index (χ3n) is 2.13. The van der Waals surface area contributed by atoms with Crippen LogP contribution in [0.1, 0.15) is 0 Å². The Morgan fingerprint density at radius 2 is 1.40 bits per heavy atom. The van der Waals surface area contributed by atoms with Crippen LogP contribution in [-0.4, -0.2) is 33.8 Å². The van der Waals surface area contributed by atoms with Crippen molar-refractivity contribution in [3.05, 3.63) is 0 Å². The normalized spacial score (nSPS) is 13.7. The summed E-state index contributed by atoms with van der Waals surface area (Å²) in [5.74, 6) is 0. The highest BCUT2D eigenvalue weighted by molar-refractivity contribution is 7.76. The van der Waals surface area contributed by atoms with E-state index in [0.717, 1.165) is 0 Å². The Hall–Kier alpha value is 0.404. The van der Waals surface area contributed by atoms with E-state index in [1.807, 2.05) is 0 Å². The predicted octanol–water partition coefficient (Wildman–Crippen LogP) is 3.53. The van der Waals surface area contributed by atoms with Crippen LogP contribution in [0, 0.1) is 0 Å². The maximum absolute atomic E-state index is 11.9. The first-order valence-electron chi connectivity index (χ1n) is 5.07. The van der Waals surface area contributed by atoms with Gasteiger partial charge in [0, 0.05) is 6.54 Å². The summed E-state index contributed by atoms with van der Waals surface area (Å²) in [7, 11) is -2.80. The second-order valence-electron chi connectivity index (χ2n) is 5.54. The van der Waals surface area contributed by atoms with Crippen LogP contribution in [0.2, 0.25) is 39.3 Å². The van der Waals surface area contributed by atoms with E-state index in [1.165, 1.54) is 0 Å². The molecule has 15 heavy (non-hydrogen) atoms. The zero-order valence-electron chi connectivity index (χ0n) is 10.5. The minimum atomic E-state index is -2.76. The quantitative estimate of drug-likeness (QED) is 0.699. The first kappa shape index (κ1) is 15.4. The van der Waals surface area contributed by atoms with Gasteiger partial charge in [-0.05, 0) is 0 Å². The van der Waals surface area contributed by atoms with E-state index < -0.39 is 27.9 Å². The lowest BCUT2D eigenvalue weighted by molar-refractivity contribution is 0.620. The molecule has 0 aromatic heterocycles. The summed E-state index contributed by atoms with van der Waals surface area (Å²) < 4.78 is 29.6. The van der Waals surface area contributed by atoms with Gasteiger partial charge >= 0.3 is 0 Å². The fourth-order valence-corrected chi connectivity index (χ4v) is 11.7. The largest absolute Gasteiger partial charge is 0.344 e. The van der Waals surface area contributed by atoms with Crippen LogP contribution in [0.3, 0.4) is 0 Å². The second-order valence-corrected chi connectivity index (χ2v) is 16.4. The number of rotatable bonds is 5. The molecule has 2 nitrogen and oxygen atoms in total. The van der Waals surface area contributed by atoms with Crippen LogP contribution in [0.5, 0.6) is 0 Å². The number of halogens is 2. The molecule has 0 aliphatic heterocycles. The van der Waals surface area contributed by atoms with Crippen molar-refractivity contribution in [1.29, 1.82) is 0 Å². The molecule has 0 aliphatic rings. The molecule has 0 radical (unpaired) electrons. The van der Waals surface area contributed by atoms with Crippen LogP contribution in [0.25, 0.3) is 0 Å². The van der Waals surface area contributed by atoms with Crippen LogP contribution >= 0.6 is 0 Å². The molecule has 0 amide bonds. The molecule has 0 unspecified atom stereocenters. The number of hydrogen-bond acceptors (Lipinski definition) is 2. The molecule has 0 N–H and O–H groups in total. The van der Waals surface area contributed by atoms with Gasteiger partial charge in [-0.2, -0.15) is 0 Å². The Morgan fingerprint density at radius 3 is 1.67 bits per heavy atom. The highest BCUT2D eigenvalue weighted by Gasteiger charge is 2.33. The maximum atomic E-state index is 11.9. The van der Waals surface area contributed by atoms with Crippen molar-refractivity contribution in [2.75, 3.05) is 13.1 Å². The first-order valence-corrected chi connectivity index (χ1v) is 12.9. The van der Waals surface area contributed by atoms with Crippen LogP contribution < -0.4 is 0 Å². The predicted molar refractivity (Wildman–Crippen MR) is 70.3 cm³/mol. The van der Waals surface area contributed by atoms with E-state index >= 15 is 0 Å². The van der Waals surface area contributed by atoms with E-state index in [-0.39, 0.29) is 6.54 Å². The average Bonchev–Trinajstić information content (AvgIpc) is 1.92. The monoisotopic (exact) mass is 272 g/mol. The molecular formula is C8H22F2N2SSi2. The van der Waals surface area contributed by atoms with Crippen LogP contribution in [0.4, 0.5) is 7.77 Å². The Labute approximate surface area is 96.9 Å². The van der Waals surface area contributed by atoms with Crippen LogP contribution in [0.15, 0.2) is 4.36 Å². The third kappa shape index (κ3) is 6.54. The molecule has 0 spiro atoms. The zero-order chi connectivity index (χ0) is 12.3. The van der Waals surface area contributed by atoms with Crippen molar-refractivity contribution >= 4 is 27.9 Å². The molecule has 0 aromatic carbocycles. The fourth-order valence-electron chi connectivity index (χ4n) is 1.89. The second kappa shape index (κ2) is 5.65. The van der Waals surface area contributed by atoms with Crippen molar-refractivity contribution in [2.24, 2.45) is 4.36 Å². The van der Waals surface area contributed by atoms with E-state index in [9.17, 15) is 7.77 Å². The Bertz CT molecular complexity index is 218. The molecule has 0 saturated heterocycles. The molecule has 0 bridgehead atoms. The maximum Gasteiger partial charge on any atom is 0.261 e. The van der Waals surface area contributed by atoms with Gasteiger partial charge in [0.1, 0.15) is 16.5 Å². The van der Waals surface area contributed by atoms with Gasteiger partial charge in [0.15, 0.2) is 0 Å². The SMILES string of the molecule is C[Si](C)(C)N(CCN=S(F)F)[Si](C)(C)C. The van der Waals surface area contributed by atoms with Gasteiger partial charge in [0.25, 0.3) is 11.5 Å². The molecular weight excluding hydrogens is 250 g/mol. The molecule has 0 aromatic rings. The number of nitrogens with zero attached hydrogens (tertiary/aromatic N) is 2. The molecule has 0 atom stereocenters. The zero-order valence-corrected chi connectivity index (χ0v) is 13.3. The summed E-state index contributed by atoms with van der Waals surface area (Å²) >= 11 is -2.76. The molecule has 0 rings (SSSR count). The summed E-state index contributed by atoms with van der Waals surface area (Å²) in [6, 6.07) is 0. The molecule has 92 valence electrons.